The van der Waals surface area contributed by atoms with Crippen LogP contribution in [0.2, 0.25) is 0 Å². The first-order valence-corrected chi connectivity index (χ1v) is 5.72. The van der Waals surface area contributed by atoms with Crippen LogP contribution in [-0.2, 0) is 7.05 Å². The Hall–Kier alpha value is -1.97. The average molecular weight is 230 g/mol. The summed E-state index contributed by atoms with van der Waals surface area (Å²) in [6.45, 7) is 4.35. The van der Waals surface area contributed by atoms with E-state index in [1.54, 1.807) is 6.20 Å². The molecule has 0 saturated heterocycles. The minimum Gasteiger partial charge on any atom is -0.403 e. The van der Waals surface area contributed by atoms with Gasteiger partial charge in [-0.3, -0.25) is 0 Å². The molecule has 0 bridgehead atoms. The van der Waals surface area contributed by atoms with Crippen molar-refractivity contribution < 1.29 is 0 Å². The molecule has 2 aromatic rings. The molecule has 17 heavy (non-hydrogen) atoms. The molecule has 4 heteroatoms. The molecule has 0 aliphatic carbocycles. The molecule has 0 amide bonds. The molecular weight excluding hydrogens is 212 g/mol. The number of aryl methyl sites for hydroxylation is 1. The van der Waals surface area contributed by atoms with E-state index in [1.807, 2.05) is 13.1 Å². The smallest absolute Gasteiger partial charge is 0.130 e. The number of hydrogen-bond donors (Lipinski definition) is 2. The third kappa shape index (κ3) is 2.11. The highest BCUT2D eigenvalue weighted by Gasteiger charge is 2.11. The average Bonchev–Trinajstić information content (AvgIpc) is 2.64. The van der Waals surface area contributed by atoms with Gasteiger partial charge < -0.3 is 15.6 Å². The van der Waals surface area contributed by atoms with Crippen LogP contribution in [0, 0.1) is 0 Å². The van der Waals surface area contributed by atoms with Gasteiger partial charge in [-0.25, -0.2) is 4.98 Å². The molecule has 2 rings (SSSR count). The fourth-order valence-corrected chi connectivity index (χ4v) is 1.92. The molecule has 0 fully saturated rings. The summed E-state index contributed by atoms with van der Waals surface area (Å²) in [5.74, 6) is 1.28. The first kappa shape index (κ1) is 11.5. The van der Waals surface area contributed by atoms with E-state index in [0.717, 1.165) is 16.9 Å². The lowest BCUT2D eigenvalue weighted by atomic mass is 10.1. The Balaban J connectivity index is 2.54. The lowest BCUT2D eigenvalue weighted by molar-refractivity contribution is 0.856. The van der Waals surface area contributed by atoms with E-state index in [-0.39, 0.29) is 0 Å². The summed E-state index contributed by atoms with van der Waals surface area (Å²) in [4.78, 5) is 4.62. The molecule has 3 N–H and O–H groups in total. The number of rotatable bonds is 3. The number of fused-ring (bicyclic) bond motifs is 1. The number of nitrogens with one attached hydrogen (secondary N) is 1. The van der Waals surface area contributed by atoms with Gasteiger partial charge in [-0.1, -0.05) is 13.8 Å². The molecule has 0 aromatic carbocycles. The van der Waals surface area contributed by atoms with E-state index in [1.165, 1.54) is 11.8 Å². The van der Waals surface area contributed by atoms with Crippen LogP contribution in [0.3, 0.4) is 0 Å². The van der Waals surface area contributed by atoms with Crippen molar-refractivity contribution in [2.45, 2.75) is 19.8 Å². The van der Waals surface area contributed by atoms with Crippen molar-refractivity contribution in [2.24, 2.45) is 12.8 Å². The molecule has 0 aliphatic rings. The van der Waals surface area contributed by atoms with Gasteiger partial charge in [-0.05, 0) is 23.6 Å². The lowest BCUT2D eigenvalue weighted by Crippen LogP contribution is -1.94. The number of anilines is 1. The Bertz CT molecular complexity index is 552. The van der Waals surface area contributed by atoms with E-state index in [0.29, 0.717) is 5.92 Å². The Morgan fingerprint density at radius 3 is 2.82 bits per heavy atom. The van der Waals surface area contributed by atoms with Crippen molar-refractivity contribution in [3.8, 4) is 0 Å². The van der Waals surface area contributed by atoms with E-state index >= 15 is 0 Å². The molecule has 0 aliphatic heterocycles. The van der Waals surface area contributed by atoms with Crippen LogP contribution in [-0.4, -0.2) is 9.55 Å². The summed E-state index contributed by atoms with van der Waals surface area (Å²) in [7, 11) is 2.04. The lowest BCUT2D eigenvalue weighted by Gasteiger charge is -2.03. The van der Waals surface area contributed by atoms with Gasteiger partial charge in [0.2, 0.25) is 0 Å². The van der Waals surface area contributed by atoms with Crippen LogP contribution in [0.5, 0.6) is 0 Å². The maximum absolute atomic E-state index is 5.30. The van der Waals surface area contributed by atoms with Crippen LogP contribution in [0.25, 0.3) is 11.0 Å². The van der Waals surface area contributed by atoms with Crippen molar-refractivity contribution in [2.75, 3.05) is 5.32 Å². The largest absolute Gasteiger partial charge is 0.403 e. The topological polar surface area (TPSA) is 55.9 Å². The van der Waals surface area contributed by atoms with E-state index < -0.39 is 0 Å². The number of aromatic nitrogens is 2. The monoisotopic (exact) mass is 230 g/mol. The Labute approximate surface area is 101 Å². The van der Waals surface area contributed by atoms with Gasteiger partial charge >= 0.3 is 0 Å². The van der Waals surface area contributed by atoms with Gasteiger partial charge in [-0.15, -0.1) is 0 Å². The van der Waals surface area contributed by atoms with Crippen LogP contribution in [0.15, 0.2) is 30.7 Å². The summed E-state index contributed by atoms with van der Waals surface area (Å²) < 4.78 is 2.11. The number of pyridine rings is 1. The van der Waals surface area contributed by atoms with Crippen LogP contribution >= 0.6 is 0 Å². The molecule has 4 nitrogen and oxygen atoms in total. The second-order valence-corrected chi connectivity index (χ2v) is 4.42. The zero-order chi connectivity index (χ0) is 12.4. The highest BCUT2D eigenvalue weighted by molar-refractivity contribution is 5.82. The van der Waals surface area contributed by atoms with Gasteiger partial charge in [-0.2, -0.15) is 0 Å². The molecule has 0 atom stereocenters. The Morgan fingerprint density at radius 1 is 1.41 bits per heavy atom. The Morgan fingerprint density at radius 2 is 2.18 bits per heavy atom. The van der Waals surface area contributed by atoms with Crippen LogP contribution in [0.1, 0.15) is 25.3 Å². The summed E-state index contributed by atoms with van der Waals surface area (Å²) >= 11 is 0. The summed E-state index contributed by atoms with van der Waals surface area (Å²) in [5.41, 5.74) is 8.77. The molecule has 0 unspecified atom stereocenters. The van der Waals surface area contributed by atoms with Crippen LogP contribution in [0.4, 0.5) is 5.82 Å². The predicted octanol–water partition coefficient (Wildman–Crippen LogP) is 2.54. The fourth-order valence-electron chi connectivity index (χ4n) is 1.92. The normalized spacial score (nSPS) is 11.8. The quantitative estimate of drug-likeness (QED) is 0.852. The standard InChI is InChI=1S/C13H18N4/c1-9(2)10-8-17(3)11-4-5-12(15-7-6-14)16-13(10)11/h4-9H,14H2,1-3H3,(H,15,16)/b7-6-. The van der Waals surface area contributed by atoms with Gasteiger partial charge in [0.25, 0.3) is 0 Å². The number of hydrogen-bond acceptors (Lipinski definition) is 3. The van der Waals surface area contributed by atoms with Gasteiger partial charge in [0.15, 0.2) is 0 Å². The molecule has 2 heterocycles. The number of nitrogens with zero attached hydrogens (tertiary/aromatic N) is 2. The van der Waals surface area contributed by atoms with Crippen molar-refractivity contribution >= 4 is 16.9 Å². The van der Waals surface area contributed by atoms with Crippen molar-refractivity contribution in [3.05, 3.63) is 36.3 Å². The van der Waals surface area contributed by atoms with E-state index in [2.05, 4.69) is 41.0 Å². The van der Waals surface area contributed by atoms with E-state index in [4.69, 9.17) is 5.73 Å². The molecule has 90 valence electrons. The van der Waals surface area contributed by atoms with Crippen molar-refractivity contribution in [3.63, 3.8) is 0 Å². The first-order chi connectivity index (χ1) is 8.13. The van der Waals surface area contributed by atoms with E-state index in [9.17, 15) is 0 Å². The zero-order valence-electron chi connectivity index (χ0n) is 10.4. The third-order valence-corrected chi connectivity index (χ3v) is 2.81. The maximum Gasteiger partial charge on any atom is 0.130 e. The molecule has 0 spiro atoms. The summed E-state index contributed by atoms with van der Waals surface area (Å²) in [6.07, 6.45) is 5.28. The highest BCUT2D eigenvalue weighted by atomic mass is 15.0. The molecule has 2 aromatic heterocycles. The zero-order valence-corrected chi connectivity index (χ0v) is 10.4. The third-order valence-electron chi connectivity index (χ3n) is 2.81. The van der Waals surface area contributed by atoms with Crippen LogP contribution < -0.4 is 11.1 Å². The highest BCUT2D eigenvalue weighted by Crippen LogP contribution is 2.26. The SMILES string of the molecule is CC(C)c1cn(C)c2ccc(N/C=C\N)nc12. The fraction of sp³-hybridized carbons (Fsp3) is 0.308. The molecular formula is C13H18N4. The second kappa shape index (κ2) is 4.49. The minimum absolute atomic E-state index is 0.464. The minimum atomic E-state index is 0.464. The predicted molar refractivity (Wildman–Crippen MR) is 71.8 cm³/mol. The molecule has 0 radical (unpaired) electrons. The van der Waals surface area contributed by atoms with Gasteiger partial charge in [0.1, 0.15) is 5.82 Å². The van der Waals surface area contributed by atoms with Crippen molar-refractivity contribution in [1.29, 1.82) is 0 Å². The van der Waals surface area contributed by atoms with Crippen molar-refractivity contribution in [1.82, 2.24) is 9.55 Å². The van der Waals surface area contributed by atoms with Gasteiger partial charge in [0, 0.05) is 25.6 Å². The van der Waals surface area contributed by atoms with Gasteiger partial charge in [0.05, 0.1) is 11.0 Å². The molecule has 0 saturated carbocycles. The maximum atomic E-state index is 5.30. The summed E-state index contributed by atoms with van der Waals surface area (Å²) in [5, 5.41) is 3.04. The summed E-state index contributed by atoms with van der Waals surface area (Å²) in [6, 6.07) is 4.02. The number of nitrogens with two attached hydrogens (primary N) is 1. The Kier molecular flexibility index (Phi) is 3.04. The second-order valence-electron chi connectivity index (χ2n) is 4.42. The first-order valence-electron chi connectivity index (χ1n) is 5.72.